The molecule has 0 unspecified atom stereocenters. The molecule has 5 heteroatoms. The van der Waals surface area contributed by atoms with E-state index >= 15 is 0 Å². The normalized spacial score (nSPS) is 21.6. The Bertz CT molecular complexity index is 924. The quantitative estimate of drug-likeness (QED) is 0.767. The summed E-state index contributed by atoms with van der Waals surface area (Å²) in [5, 5.41) is 6.23. The van der Waals surface area contributed by atoms with Crippen LogP contribution in [0.3, 0.4) is 0 Å². The van der Waals surface area contributed by atoms with Gasteiger partial charge in [0.15, 0.2) is 0 Å². The molecule has 1 saturated heterocycles. The van der Waals surface area contributed by atoms with Gasteiger partial charge in [0.2, 0.25) is 0 Å². The largest absolute Gasteiger partial charge is 0.361 e. The highest BCUT2D eigenvalue weighted by Gasteiger charge is 2.23. The van der Waals surface area contributed by atoms with Crippen LogP contribution in [0.2, 0.25) is 0 Å². The van der Waals surface area contributed by atoms with Crippen LogP contribution in [-0.4, -0.2) is 43.7 Å². The summed E-state index contributed by atoms with van der Waals surface area (Å²) in [5.74, 6) is 0. The molecule has 0 amide bonds. The lowest BCUT2D eigenvalue weighted by Crippen LogP contribution is -2.26. The minimum Gasteiger partial charge on any atom is -0.361 e. The third kappa shape index (κ3) is 3.54. The van der Waals surface area contributed by atoms with Crippen molar-refractivity contribution < 1.29 is 0 Å². The summed E-state index contributed by atoms with van der Waals surface area (Å²) in [4.78, 5) is 8.42. The van der Waals surface area contributed by atoms with Crippen LogP contribution in [-0.2, 0) is 26.2 Å². The maximum Gasteiger partial charge on any atom is 0.0768 e. The third-order valence-corrected chi connectivity index (χ3v) is 6.22. The van der Waals surface area contributed by atoms with Crippen molar-refractivity contribution in [3.8, 4) is 0 Å². The second-order valence-electron chi connectivity index (χ2n) is 8.28. The van der Waals surface area contributed by atoms with E-state index in [1.807, 2.05) is 6.20 Å². The van der Waals surface area contributed by atoms with Crippen molar-refractivity contribution in [1.82, 2.24) is 24.6 Å². The van der Waals surface area contributed by atoms with Gasteiger partial charge in [0, 0.05) is 50.5 Å². The van der Waals surface area contributed by atoms with E-state index in [4.69, 9.17) is 5.10 Å². The molecule has 0 aliphatic carbocycles. The summed E-state index contributed by atoms with van der Waals surface area (Å²) >= 11 is 0. The minimum atomic E-state index is 0.700. The fourth-order valence-electron chi connectivity index (χ4n) is 4.70. The number of nitrogens with zero attached hydrogens (tertiary/aromatic N) is 4. The average Bonchev–Trinajstić information content (AvgIpc) is 3.34. The molecule has 0 radical (unpaired) electrons. The molecule has 2 aromatic heterocycles. The van der Waals surface area contributed by atoms with Crippen molar-refractivity contribution in [1.29, 1.82) is 0 Å². The molecule has 1 N–H and O–H groups in total. The SMILES string of the molecule is C[C@@H]1CCCN1Cc1cc2n(n1)CCCN(Cc1ccc3[nH]ccc3c1)C2. The number of benzene rings is 1. The van der Waals surface area contributed by atoms with Crippen molar-refractivity contribution in [2.24, 2.45) is 0 Å². The predicted octanol–water partition coefficient (Wildman–Crippen LogP) is 3.75. The molecule has 0 bridgehead atoms. The van der Waals surface area contributed by atoms with Crippen LogP contribution in [0.1, 0.15) is 43.1 Å². The predicted molar refractivity (Wildman–Crippen MR) is 108 cm³/mol. The Kier molecular flexibility index (Phi) is 4.50. The lowest BCUT2D eigenvalue weighted by Gasteiger charge is -2.20. The molecule has 5 nitrogen and oxygen atoms in total. The lowest BCUT2D eigenvalue weighted by atomic mass is 10.1. The van der Waals surface area contributed by atoms with E-state index in [9.17, 15) is 0 Å². The number of aryl methyl sites for hydroxylation is 1. The van der Waals surface area contributed by atoms with Crippen molar-refractivity contribution in [3.05, 3.63) is 53.5 Å². The number of hydrogen-bond acceptors (Lipinski definition) is 3. The topological polar surface area (TPSA) is 40.1 Å². The highest BCUT2D eigenvalue weighted by Crippen LogP contribution is 2.22. The monoisotopic (exact) mass is 363 g/mol. The first-order chi connectivity index (χ1) is 13.2. The number of aromatic amines is 1. The zero-order valence-corrected chi connectivity index (χ0v) is 16.2. The molecular formula is C22H29N5. The molecular weight excluding hydrogens is 334 g/mol. The molecule has 0 saturated carbocycles. The van der Waals surface area contributed by atoms with Gasteiger partial charge in [0.25, 0.3) is 0 Å². The zero-order chi connectivity index (χ0) is 18.2. The van der Waals surface area contributed by atoms with Gasteiger partial charge >= 0.3 is 0 Å². The molecule has 1 fully saturated rings. The first-order valence-electron chi connectivity index (χ1n) is 10.3. The van der Waals surface area contributed by atoms with Crippen molar-refractivity contribution >= 4 is 10.9 Å². The van der Waals surface area contributed by atoms with E-state index in [1.165, 1.54) is 53.7 Å². The van der Waals surface area contributed by atoms with Gasteiger partial charge < -0.3 is 4.98 Å². The smallest absolute Gasteiger partial charge is 0.0768 e. The summed E-state index contributed by atoms with van der Waals surface area (Å²) in [6.45, 7) is 8.74. The Morgan fingerprint density at radius 1 is 1.07 bits per heavy atom. The Hall–Kier alpha value is -2.11. The number of likely N-dealkylation sites (tertiary alicyclic amines) is 1. The van der Waals surface area contributed by atoms with Crippen LogP contribution < -0.4 is 0 Å². The van der Waals surface area contributed by atoms with Gasteiger partial charge in [0.1, 0.15) is 0 Å². The van der Waals surface area contributed by atoms with Crippen LogP contribution in [0, 0.1) is 0 Å². The summed E-state index contributed by atoms with van der Waals surface area (Å²) < 4.78 is 2.26. The van der Waals surface area contributed by atoms with Crippen molar-refractivity contribution in [2.75, 3.05) is 13.1 Å². The van der Waals surface area contributed by atoms with Crippen LogP contribution in [0.15, 0.2) is 36.5 Å². The summed E-state index contributed by atoms with van der Waals surface area (Å²) in [7, 11) is 0. The van der Waals surface area contributed by atoms with Gasteiger partial charge in [-0.2, -0.15) is 5.10 Å². The van der Waals surface area contributed by atoms with E-state index in [1.54, 1.807) is 0 Å². The summed E-state index contributed by atoms with van der Waals surface area (Å²) in [5.41, 5.74) is 5.22. The van der Waals surface area contributed by atoms with E-state index in [2.05, 4.69) is 56.7 Å². The number of aromatic nitrogens is 3. The number of H-pyrrole nitrogens is 1. The fraction of sp³-hybridized carbons (Fsp3) is 0.500. The first kappa shape index (κ1) is 17.0. The van der Waals surface area contributed by atoms with Crippen molar-refractivity contribution in [3.63, 3.8) is 0 Å². The molecule has 2 aliphatic heterocycles. The van der Waals surface area contributed by atoms with Crippen LogP contribution >= 0.6 is 0 Å². The second kappa shape index (κ2) is 7.13. The number of fused-ring (bicyclic) bond motifs is 2. The molecule has 4 heterocycles. The highest BCUT2D eigenvalue weighted by atomic mass is 15.3. The van der Waals surface area contributed by atoms with Crippen LogP contribution in [0.4, 0.5) is 0 Å². The summed E-state index contributed by atoms with van der Waals surface area (Å²) in [6, 6.07) is 12.0. The third-order valence-electron chi connectivity index (χ3n) is 6.22. The molecule has 27 heavy (non-hydrogen) atoms. The maximum absolute atomic E-state index is 4.93. The van der Waals surface area contributed by atoms with Gasteiger partial charge in [-0.3, -0.25) is 14.5 Å². The van der Waals surface area contributed by atoms with E-state index in [0.29, 0.717) is 6.04 Å². The van der Waals surface area contributed by atoms with E-state index < -0.39 is 0 Å². The zero-order valence-electron chi connectivity index (χ0n) is 16.2. The van der Waals surface area contributed by atoms with Crippen LogP contribution in [0.25, 0.3) is 10.9 Å². The highest BCUT2D eigenvalue weighted by molar-refractivity contribution is 5.79. The summed E-state index contributed by atoms with van der Waals surface area (Å²) in [6.07, 6.45) is 5.84. The Morgan fingerprint density at radius 3 is 2.93 bits per heavy atom. The minimum absolute atomic E-state index is 0.700. The second-order valence-corrected chi connectivity index (χ2v) is 8.28. The molecule has 0 spiro atoms. The molecule has 5 rings (SSSR count). The first-order valence-corrected chi connectivity index (χ1v) is 10.3. The fourth-order valence-corrected chi connectivity index (χ4v) is 4.70. The number of rotatable bonds is 4. The van der Waals surface area contributed by atoms with Gasteiger partial charge in [0.05, 0.1) is 11.4 Å². The molecule has 2 aliphatic rings. The maximum atomic E-state index is 4.93. The lowest BCUT2D eigenvalue weighted by molar-refractivity contribution is 0.254. The van der Waals surface area contributed by atoms with Gasteiger partial charge in [-0.1, -0.05) is 6.07 Å². The number of hydrogen-bond donors (Lipinski definition) is 1. The van der Waals surface area contributed by atoms with Crippen LogP contribution in [0.5, 0.6) is 0 Å². The molecule has 3 aromatic rings. The standard InChI is InChI=1S/C22H29N5/c1-17-4-2-10-26(17)15-20-13-21-16-25(9-3-11-27(21)24-20)14-18-5-6-22-19(12-18)7-8-23-22/h5-8,12-13,17,23H,2-4,9-11,14-16H2,1H3/t17-/m1/s1. The van der Waals surface area contributed by atoms with E-state index in [0.717, 1.165) is 32.7 Å². The average molecular weight is 364 g/mol. The molecule has 142 valence electrons. The van der Waals surface area contributed by atoms with Gasteiger partial charge in [-0.15, -0.1) is 0 Å². The van der Waals surface area contributed by atoms with Crippen molar-refractivity contribution in [2.45, 2.75) is 58.4 Å². The molecule has 1 aromatic carbocycles. The van der Waals surface area contributed by atoms with Gasteiger partial charge in [-0.05, 0) is 67.9 Å². The van der Waals surface area contributed by atoms with E-state index in [-0.39, 0.29) is 0 Å². The Balaban J connectivity index is 1.29. The Morgan fingerprint density at radius 2 is 2.04 bits per heavy atom. The molecule has 1 atom stereocenters. The number of nitrogens with one attached hydrogen (secondary N) is 1. The Labute approximate surface area is 161 Å². The van der Waals surface area contributed by atoms with Gasteiger partial charge in [-0.25, -0.2) is 0 Å².